The van der Waals surface area contributed by atoms with Crippen LogP contribution in [0.4, 0.5) is 5.69 Å². The van der Waals surface area contributed by atoms with E-state index in [1.807, 2.05) is 12.1 Å². The molecule has 5 aromatic rings. The van der Waals surface area contributed by atoms with Gasteiger partial charge in [0.05, 0.1) is 5.41 Å². The van der Waals surface area contributed by atoms with E-state index in [-0.39, 0.29) is 10.8 Å². The second-order valence-corrected chi connectivity index (χ2v) is 10.4. The first-order chi connectivity index (χ1) is 17.4. The maximum absolute atomic E-state index is 5.57. The topological polar surface area (TPSA) is 26.0 Å². The van der Waals surface area contributed by atoms with Gasteiger partial charge in [-0.25, -0.2) is 0 Å². The summed E-state index contributed by atoms with van der Waals surface area (Å²) in [5, 5.41) is 0. The lowest BCUT2D eigenvalue weighted by molar-refractivity contribution is 0.590. The molecule has 0 atom stereocenters. The van der Waals surface area contributed by atoms with Crippen molar-refractivity contribution < 1.29 is 0 Å². The standard InChI is InChI=1S/C25H18.C10H15N/c1-3-11-19(12-4-1)25(20-13-5-2-6-14-20)23-17-9-7-15-21(23)22-16-8-10-18-24(22)25;1-10(2,3)8-4-6-9(11)7-5-8/h1-18H;4-7H,11H2,1-3H3. The van der Waals surface area contributed by atoms with Gasteiger partial charge < -0.3 is 5.73 Å². The van der Waals surface area contributed by atoms with Crippen LogP contribution in [0.5, 0.6) is 0 Å². The molecule has 0 saturated heterocycles. The number of nitrogen functional groups attached to an aromatic ring is 1. The second-order valence-electron chi connectivity index (χ2n) is 10.4. The number of fused-ring (bicyclic) bond motifs is 3. The maximum atomic E-state index is 5.57. The third-order valence-corrected chi connectivity index (χ3v) is 7.14. The van der Waals surface area contributed by atoms with E-state index in [1.165, 1.54) is 38.9 Å². The zero-order chi connectivity index (χ0) is 25.2. The van der Waals surface area contributed by atoms with Gasteiger partial charge in [-0.3, -0.25) is 0 Å². The van der Waals surface area contributed by atoms with Gasteiger partial charge in [0.1, 0.15) is 0 Å². The van der Waals surface area contributed by atoms with Crippen molar-refractivity contribution in [1.29, 1.82) is 0 Å². The highest BCUT2D eigenvalue weighted by atomic mass is 14.5. The smallest absolute Gasteiger partial charge is 0.0713 e. The van der Waals surface area contributed by atoms with Gasteiger partial charge in [-0.1, -0.05) is 142 Å². The number of rotatable bonds is 2. The van der Waals surface area contributed by atoms with Gasteiger partial charge in [0.25, 0.3) is 0 Å². The highest BCUT2D eigenvalue weighted by Gasteiger charge is 2.45. The molecular weight excluding hydrogens is 434 g/mol. The Balaban J connectivity index is 0.000000205. The molecule has 0 amide bonds. The Labute approximate surface area is 215 Å². The minimum absolute atomic E-state index is 0.230. The lowest BCUT2D eigenvalue weighted by Crippen LogP contribution is -2.28. The van der Waals surface area contributed by atoms with Gasteiger partial charge in [-0.2, -0.15) is 0 Å². The van der Waals surface area contributed by atoms with Crippen LogP contribution in [0.1, 0.15) is 48.6 Å². The molecule has 0 fully saturated rings. The number of hydrogen-bond acceptors (Lipinski definition) is 1. The van der Waals surface area contributed by atoms with Crippen LogP contribution in [0.25, 0.3) is 11.1 Å². The van der Waals surface area contributed by atoms with Gasteiger partial charge >= 0.3 is 0 Å². The molecule has 5 aromatic carbocycles. The van der Waals surface area contributed by atoms with E-state index in [1.54, 1.807) is 0 Å². The van der Waals surface area contributed by atoms with Crippen molar-refractivity contribution in [3.05, 3.63) is 161 Å². The molecule has 0 heterocycles. The number of anilines is 1. The van der Waals surface area contributed by atoms with Crippen molar-refractivity contribution in [2.45, 2.75) is 31.6 Å². The van der Waals surface area contributed by atoms with Crippen molar-refractivity contribution in [1.82, 2.24) is 0 Å². The van der Waals surface area contributed by atoms with Crippen molar-refractivity contribution >= 4 is 5.69 Å². The summed E-state index contributed by atoms with van der Waals surface area (Å²) in [6, 6.07) is 47.5. The molecule has 0 unspecified atom stereocenters. The Hall–Kier alpha value is -4.10. The number of nitrogens with two attached hydrogens (primary N) is 1. The Bertz CT molecular complexity index is 1360. The van der Waals surface area contributed by atoms with Crippen LogP contribution in [-0.2, 0) is 10.8 Å². The van der Waals surface area contributed by atoms with E-state index >= 15 is 0 Å². The first-order valence-corrected chi connectivity index (χ1v) is 12.6. The van der Waals surface area contributed by atoms with Crippen LogP contribution in [-0.4, -0.2) is 0 Å². The third-order valence-electron chi connectivity index (χ3n) is 7.14. The van der Waals surface area contributed by atoms with Gasteiger partial charge in [0, 0.05) is 5.69 Å². The lowest BCUT2D eigenvalue weighted by atomic mass is 9.68. The molecule has 0 spiro atoms. The molecule has 6 rings (SSSR count). The summed E-state index contributed by atoms with van der Waals surface area (Å²) in [7, 11) is 0. The third kappa shape index (κ3) is 4.12. The molecule has 1 nitrogen and oxygen atoms in total. The summed E-state index contributed by atoms with van der Waals surface area (Å²) in [5.41, 5.74) is 15.8. The van der Waals surface area contributed by atoms with E-state index in [0.29, 0.717) is 0 Å². The molecule has 0 aromatic heterocycles. The monoisotopic (exact) mass is 467 g/mol. The lowest BCUT2D eigenvalue weighted by Gasteiger charge is -2.33. The van der Waals surface area contributed by atoms with Gasteiger partial charge in [-0.15, -0.1) is 0 Å². The minimum atomic E-state index is -0.254. The Morgan fingerprint density at radius 1 is 0.472 bits per heavy atom. The van der Waals surface area contributed by atoms with E-state index in [9.17, 15) is 0 Å². The van der Waals surface area contributed by atoms with E-state index in [4.69, 9.17) is 5.73 Å². The molecule has 0 saturated carbocycles. The molecule has 1 aliphatic carbocycles. The van der Waals surface area contributed by atoms with Crippen LogP contribution in [0.2, 0.25) is 0 Å². The van der Waals surface area contributed by atoms with Crippen LogP contribution < -0.4 is 5.73 Å². The fourth-order valence-electron chi connectivity index (χ4n) is 5.38. The maximum Gasteiger partial charge on any atom is 0.0713 e. The molecule has 36 heavy (non-hydrogen) atoms. The number of hydrogen-bond donors (Lipinski definition) is 1. The van der Waals surface area contributed by atoms with Crippen LogP contribution in [0.15, 0.2) is 133 Å². The van der Waals surface area contributed by atoms with E-state index in [2.05, 4.69) is 142 Å². The van der Waals surface area contributed by atoms with Crippen LogP contribution in [0, 0.1) is 0 Å². The molecule has 2 N–H and O–H groups in total. The van der Waals surface area contributed by atoms with Crippen molar-refractivity contribution in [3.8, 4) is 11.1 Å². The highest BCUT2D eigenvalue weighted by Crippen LogP contribution is 2.55. The van der Waals surface area contributed by atoms with Gasteiger partial charge in [0.2, 0.25) is 0 Å². The Kier molecular flexibility index (Phi) is 6.24. The largest absolute Gasteiger partial charge is 0.399 e. The second kappa shape index (κ2) is 9.51. The summed E-state index contributed by atoms with van der Waals surface area (Å²) in [6.45, 7) is 6.58. The molecule has 0 radical (unpaired) electrons. The van der Waals surface area contributed by atoms with Crippen LogP contribution in [0.3, 0.4) is 0 Å². The highest BCUT2D eigenvalue weighted by molar-refractivity contribution is 5.86. The summed E-state index contributed by atoms with van der Waals surface area (Å²) in [4.78, 5) is 0. The summed E-state index contributed by atoms with van der Waals surface area (Å²) < 4.78 is 0. The molecule has 1 aliphatic rings. The molecule has 1 heteroatoms. The Morgan fingerprint density at radius 2 is 0.861 bits per heavy atom. The van der Waals surface area contributed by atoms with E-state index in [0.717, 1.165) is 5.69 Å². The number of benzene rings is 5. The molecule has 0 bridgehead atoms. The van der Waals surface area contributed by atoms with Gasteiger partial charge in [0.15, 0.2) is 0 Å². The molecule has 0 aliphatic heterocycles. The fraction of sp³-hybridized carbons (Fsp3) is 0.143. The zero-order valence-corrected chi connectivity index (χ0v) is 21.3. The Morgan fingerprint density at radius 3 is 1.28 bits per heavy atom. The summed E-state index contributed by atoms with van der Waals surface area (Å²) >= 11 is 0. The van der Waals surface area contributed by atoms with Crippen LogP contribution >= 0.6 is 0 Å². The SMILES string of the molecule is CC(C)(C)c1ccc(N)cc1.c1ccc(C2(c3ccccc3)c3ccccc3-c3ccccc32)cc1. The average Bonchev–Trinajstić information content (AvgIpc) is 3.21. The molecule has 178 valence electrons. The summed E-state index contributed by atoms with van der Waals surface area (Å²) in [5.74, 6) is 0. The first-order valence-electron chi connectivity index (χ1n) is 12.6. The zero-order valence-electron chi connectivity index (χ0n) is 21.3. The van der Waals surface area contributed by atoms with Gasteiger partial charge in [-0.05, 0) is 56.5 Å². The quantitative estimate of drug-likeness (QED) is 0.253. The van der Waals surface area contributed by atoms with Crippen molar-refractivity contribution in [3.63, 3.8) is 0 Å². The summed E-state index contributed by atoms with van der Waals surface area (Å²) in [6.07, 6.45) is 0. The normalized spacial score (nSPS) is 13.2. The average molecular weight is 468 g/mol. The van der Waals surface area contributed by atoms with E-state index < -0.39 is 0 Å². The fourth-order valence-corrected chi connectivity index (χ4v) is 5.38. The van der Waals surface area contributed by atoms with Crippen molar-refractivity contribution in [2.75, 3.05) is 5.73 Å². The first kappa shape index (κ1) is 23.6. The van der Waals surface area contributed by atoms with Crippen molar-refractivity contribution in [2.24, 2.45) is 0 Å². The predicted molar refractivity (Wildman–Crippen MR) is 153 cm³/mol. The predicted octanol–water partition coefficient (Wildman–Crippen LogP) is 8.62. The molecular formula is C35H33N. The minimum Gasteiger partial charge on any atom is -0.399 e.